The summed E-state index contributed by atoms with van der Waals surface area (Å²) in [6, 6.07) is 7.39. The molecule has 3 rings (SSSR count). The Morgan fingerprint density at radius 2 is 2.19 bits per heavy atom. The van der Waals surface area contributed by atoms with Crippen LogP contribution < -0.4 is 10.2 Å². The summed E-state index contributed by atoms with van der Waals surface area (Å²) >= 11 is 0. The van der Waals surface area contributed by atoms with Gasteiger partial charge in [-0.3, -0.25) is 0 Å². The summed E-state index contributed by atoms with van der Waals surface area (Å²) in [6.07, 6.45) is 4.98. The maximum Gasteiger partial charge on any atom is 0.337 e. The second kappa shape index (κ2) is 8.11. The molecule has 1 aromatic heterocycles. The van der Waals surface area contributed by atoms with Gasteiger partial charge in [-0.25, -0.2) is 4.79 Å². The Morgan fingerprint density at radius 3 is 2.85 bits per heavy atom. The Hall–Kier alpha value is -3.41. The molecular weight excluding hydrogens is 334 g/mol. The molecule has 0 saturated carbocycles. The van der Waals surface area contributed by atoms with Gasteiger partial charge in [-0.2, -0.15) is 10.5 Å². The summed E-state index contributed by atoms with van der Waals surface area (Å²) in [5.41, 5.74) is 2.35. The minimum Gasteiger partial charge on any atom is -0.465 e. The summed E-state index contributed by atoms with van der Waals surface area (Å²) < 4.78 is 4.80. The van der Waals surface area contributed by atoms with Crippen LogP contribution >= 0.6 is 0 Å². The number of carbonyl (C=O) groups is 1. The van der Waals surface area contributed by atoms with Gasteiger partial charge in [0.2, 0.25) is 5.82 Å². The van der Waals surface area contributed by atoms with Crippen molar-refractivity contribution in [2.75, 3.05) is 30.4 Å². The molecule has 1 aliphatic heterocycles. The van der Waals surface area contributed by atoms with E-state index in [1.165, 1.54) is 19.7 Å². The number of aromatic nitrogens is 4. The predicted molar refractivity (Wildman–Crippen MR) is 95.2 cm³/mol. The van der Waals surface area contributed by atoms with Crippen LogP contribution in [0.15, 0.2) is 24.4 Å². The molecule has 26 heavy (non-hydrogen) atoms. The van der Waals surface area contributed by atoms with Crippen molar-refractivity contribution < 1.29 is 9.53 Å². The van der Waals surface area contributed by atoms with Gasteiger partial charge in [-0.05, 0) is 42.7 Å². The van der Waals surface area contributed by atoms with E-state index in [9.17, 15) is 10.1 Å². The third-order valence-corrected chi connectivity index (χ3v) is 4.19. The van der Waals surface area contributed by atoms with Gasteiger partial charge < -0.3 is 15.0 Å². The van der Waals surface area contributed by atoms with E-state index in [0.717, 1.165) is 31.6 Å². The van der Waals surface area contributed by atoms with E-state index in [0.29, 0.717) is 11.3 Å². The first-order valence-electron chi connectivity index (χ1n) is 8.31. The molecule has 2 aromatic rings. The van der Waals surface area contributed by atoms with E-state index >= 15 is 0 Å². The van der Waals surface area contributed by atoms with Crippen molar-refractivity contribution in [2.24, 2.45) is 0 Å². The Bertz CT molecular complexity index is 833. The van der Waals surface area contributed by atoms with Gasteiger partial charge in [-0.1, -0.05) is 0 Å². The fourth-order valence-corrected chi connectivity index (χ4v) is 2.88. The zero-order valence-electron chi connectivity index (χ0n) is 14.4. The average Bonchev–Trinajstić information content (AvgIpc) is 3.23. The largest absolute Gasteiger partial charge is 0.465 e. The molecule has 9 nitrogen and oxygen atoms in total. The smallest absolute Gasteiger partial charge is 0.337 e. The maximum absolute atomic E-state index is 11.9. The Balaban J connectivity index is 1.93. The van der Waals surface area contributed by atoms with E-state index in [1.807, 2.05) is 12.1 Å². The van der Waals surface area contributed by atoms with Crippen LogP contribution in [0.2, 0.25) is 0 Å². The van der Waals surface area contributed by atoms with Crippen molar-refractivity contribution in [3.8, 4) is 6.07 Å². The number of benzene rings is 1. The van der Waals surface area contributed by atoms with Gasteiger partial charge in [0.05, 0.1) is 24.0 Å². The number of anilines is 2. The number of H-pyrrole nitrogens is 1. The fourth-order valence-electron chi connectivity index (χ4n) is 2.88. The molecule has 2 heterocycles. The van der Waals surface area contributed by atoms with Crippen molar-refractivity contribution >= 4 is 22.9 Å². The number of nitriles is 1. The monoisotopic (exact) mass is 353 g/mol. The predicted octanol–water partition coefficient (Wildman–Crippen LogP) is 1.95. The molecule has 0 atom stereocenters. The minimum atomic E-state index is -0.416. The summed E-state index contributed by atoms with van der Waals surface area (Å²) in [5, 5.41) is 25.8. The lowest BCUT2D eigenvalue weighted by Crippen LogP contribution is -2.30. The first-order valence-corrected chi connectivity index (χ1v) is 8.31. The molecule has 0 unspecified atom stereocenters. The van der Waals surface area contributed by atoms with Crippen molar-refractivity contribution in [2.45, 2.75) is 19.3 Å². The van der Waals surface area contributed by atoms with E-state index < -0.39 is 5.97 Å². The number of nitrogens with zero attached hydrogens (tertiary/aromatic N) is 5. The number of ether oxygens (including phenoxy) is 1. The maximum atomic E-state index is 11.9. The van der Waals surface area contributed by atoms with Gasteiger partial charge in [0, 0.05) is 19.3 Å². The number of nitrogens with one attached hydrogen (secondary N) is 2. The van der Waals surface area contributed by atoms with Crippen molar-refractivity contribution in [3.63, 3.8) is 0 Å². The molecule has 0 amide bonds. The Labute approximate surface area is 150 Å². The van der Waals surface area contributed by atoms with Crippen molar-refractivity contribution in [1.82, 2.24) is 20.6 Å². The summed E-state index contributed by atoms with van der Waals surface area (Å²) in [7, 11) is 1.35. The molecule has 0 spiro atoms. The van der Waals surface area contributed by atoms with Crippen LogP contribution in [0.3, 0.4) is 0 Å². The Morgan fingerprint density at radius 1 is 1.38 bits per heavy atom. The molecule has 134 valence electrons. The van der Waals surface area contributed by atoms with Crippen LogP contribution in [-0.4, -0.2) is 46.8 Å². The normalized spacial score (nSPS) is 14.6. The van der Waals surface area contributed by atoms with E-state index in [4.69, 9.17) is 4.74 Å². The second-order valence-corrected chi connectivity index (χ2v) is 5.82. The van der Waals surface area contributed by atoms with Crippen LogP contribution in [-0.2, 0) is 4.74 Å². The van der Waals surface area contributed by atoms with E-state index in [1.54, 1.807) is 12.1 Å². The highest BCUT2D eigenvalue weighted by Crippen LogP contribution is 2.30. The van der Waals surface area contributed by atoms with Crippen LogP contribution in [0, 0.1) is 11.3 Å². The summed E-state index contributed by atoms with van der Waals surface area (Å²) in [6.45, 7) is 1.90. The van der Waals surface area contributed by atoms with Crippen LogP contribution in [0.1, 0.15) is 35.4 Å². The highest BCUT2D eigenvalue weighted by molar-refractivity contribution is 5.92. The molecule has 0 radical (unpaired) electrons. The van der Waals surface area contributed by atoms with Crippen molar-refractivity contribution in [1.29, 1.82) is 5.26 Å². The number of piperidine rings is 1. The number of hydrogen-bond donors (Lipinski definition) is 2. The first-order chi connectivity index (χ1) is 12.7. The van der Waals surface area contributed by atoms with E-state index in [-0.39, 0.29) is 11.4 Å². The van der Waals surface area contributed by atoms with Crippen LogP contribution in [0.4, 0.5) is 11.4 Å². The zero-order valence-corrected chi connectivity index (χ0v) is 14.4. The molecule has 1 aromatic carbocycles. The van der Waals surface area contributed by atoms with Gasteiger partial charge in [-0.15, -0.1) is 10.2 Å². The lowest BCUT2D eigenvalue weighted by Gasteiger charge is -2.30. The third-order valence-electron chi connectivity index (χ3n) is 4.19. The molecule has 0 bridgehead atoms. The average molecular weight is 353 g/mol. The number of tetrazole rings is 1. The second-order valence-electron chi connectivity index (χ2n) is 5.82. The van der Waals surface area contributed by atoms with Crippen LogP contribution in [0.25, 0.3) is 5.57 Å². The number of methoxy groups -OCH3 is 1. The minimum absolute atomic E-state index is 0.198. The van der Waals surface area contributed by atoms with Crippen LogP contribution in [0.5, 0.6) is 0 Å². The molecule has 2 N–H and O–H groups in total. The number of esters is 1. The summed E-state index contributed by atoms with van der Waals surface area (Å²) in [4.78, 5) is 14.1. The summed E-state index contributed by atoms with van der Waals surface area (Å²) in [5.74, 6) is -0.218. The Kier molecular flexibility index (Phi) is 5.43. The molecule has 9 heteroatoms. The first kappa shape index (κ1) is 17.4. The molecule has 1 fully saturated rings. The zero-order chi connectivity index (χ0) is 18.4. The standard InChI is InChI=1S/C17H19N7O2/c1-26-17(25)12-5-6-15(24-7-3-2-4-8-24)14(9-12)19-11-13(10-18)16-20-22-23-21-16/h5-6,9,11,19H,2-4,7-8H2,1H3,(H,20,21,22,23). The number of hydrogen-bond acceptors (Lipinski definition) is 8. The van der Waals surface area contributed by atoms with E-state index in [2.05, 4.69) is 30.8 Å². The SMILES string of the molecule is COC(=O)c1ccc(N2CCCCC2)c(NC=C(C#N)c2nn[nH]n2)c1. The lowest BCUT2D eigenvalue weighted by molar-refractivity contribution is 0.0601. The molecule has 1 aliphatic rings. The van der Waals surface area contributed by atoms with Gasteiger partial charge in [0.15, 0.2) is 0 Å². The highest BCUT2D eigenvalue weighted by Gasteiger charge is 2.17. The number of rotatable bonds is 5. The lowest BCUT2D eigenvalue weighted by atomic mass is 10.1. The molecule has 0 aliphatic carbocycles. The fraction of sp³-hybridized carbons (Fsp3) is 0.353. The highest BCUT2D eigenvalue weighted by atomic mass is 16.5. The van der Waals surface area contributed by atoms with Gasteiger partial charge in [0.1, 0.15) is 11.6 Å². The topological polar surface area (TPSA) is 120 Å². The number of aromatic amines is 1. The third kappa shape index (κ3) is 3.80. The van der Waals surface area contributed by atoms with Crippen molar-refractivity contribution in [3.05, 3.63) is 35.8 Å². The van der Waals surface area contributed by atoms with Gasteiger partial charge >= 0.3 is 5.97 Å². The molecule has 1 saturated heterocycles. The number of allylic oxidation sites excluding steroid dienone is 1. The number of carbonyl (C=O) groups excluding carboxylic acids is 1. The quantitative estimate of drug-likeness (QED) is 0.618. The molecular formula is C17H19N7O2. The van der Waals surface area contributed by atoms with Gasteiger partial charge in [0.25, 0.3) is 0 Å².